The van der Waals surface area contributed by atoms with E-state index in [1.54, 1.807) is 0 Å². The quantitative estimate of drug-likeness (QED) is 0.0436. The molecule has 9 aromatic heterocycles. The van der Waals surface area contributed by atoms with E-state index in [1.807, 2.05) is 19.9 Å². The number of benzene rings is 12. The second-order valence-corrected chi connectivity index (χ2v) is 38.4. The third-order valence-electron chi connectivity index (χ3n) is 26.6. The van der Waals surface area contributed by atoms with E-state index < -0.39 is 0 Å². The average Bonchev–Trinajstić information content (AvgIpc) is 1.61. The highest BCUT2D eigenvalue weighted by Gasteiger charge is 2.29. The van der Waals surface area contributed by atoms with Crippen LogP contribution in [0.25, 0.3) is 179 Å². The predicted octanol–water partition coefficient (Wildman–Crippen LogP) is 27.0. The van der Waals surface area contributed by atoms with Crippen molar-refractivity contribution in [2.24, 2.45) is 9.98 Å². The lowest BCUT2D eigenvalue weighted by Gasteiger charge is -2.16. The number of fused-ring (bicyclic) bond motifs is 12. The Morgan fingerprint density at radius 3 is 0.923 bits per heavy atom. The standard InChI is InChI=1S/C64H60N10.C45H41N11/c1-31(2)37-11-35(9)13-41(15-37)49-23-43-25-54-56(27-51(43)65-49)70-63(68-54)47-19-40(34(7)8)20-48(22-47)64-73-59-29-57-58(30-60(59)74-64)72-62(71-57)46-18-39(33(5)6)16-42(21-46)50-24-44-26-53-55(28-52(44)66-50)69-61(67-53)45-14-36(10)12-38(17-45)32(3)4;1-20(2)24-7-26(31-13-27-14-33-34(15-32(27)50-31)47-22(5)46-33)11-28(8-24)43-53-39-18-41-42(19-40(39)54-43)56-45(55-41)30-10-25(21(3)4)9-29(12-30)44-51-37-16-35-36(17-38(37)52-44)49-23(6)48-35/h11-22,25-34H,23-24H2,1-10H3,(H,67,69)(H,68,70)(H,71,72)(H,73,74);7-12,14-21,31,50H,13H2,1-6H3,(H,46,47)(H,48,49)(H,51,52)(H,53,54)(H,55,56). The second-order valence-electron chi connectivity index (χ2n) is 38.4. The smallest absolute Gasteiger partial charge is 0.138 e. The number of anilines is 1. The van der Waals surface area contributed by atoms with E-state index in [-0.39, 0.29) is 6.04 Å². The molecule has 642 valence electrons. The molecule has 3 aliphatic heterocycles. The van der Waals surface area contributed by atoms with Gasteiger partial charge in [-0.15, -0.1) is 0 Å². The van der Waals surface area contributed by atoms with Crippen molar-refractivity contribution in [2.45, 2.75) is 172 Å². The fourth-order valence-corrected chi connectivity index (χ4v) is 19.3. The number of nitrogens with zero attached hydrogens (tertiary/aromatic N) is 11. The van der Waals surface area contributed by atoms with Crippen molar-refractivity contribution in [3.8, 4) is 79.7 Å². The van der Waals surface area contributed by atoms with Crippen LogP contribution in [0.3, 0.4) is 0 Å². The minimum absolute atomic E-state index is 0.166. The molecule has 21 aromatic rings. The molecule has 0 saturated heterocycles. The number of H-pyrrole nitrogens is 9. The molecule has 24 rings (SSSR count). The van der Waals surface area contributed by atoms with Gasteiger partial charge in [0.2, 0.25) is 0 Å². The van der Waals surface area contributed by atoms with Crippen LogP contribution in [-0.4, -0.2) is 101 Å². The molecular weight excluding hydrogens is 1600 g/mol. The van der Waals surface area contributed by atoms with E-state index >= 15 is 0 Å². The van der Waals surface area contributed by atoms with Crippen molar-refractivity contribution in [3.63, 3.8) is 0 Å². The van der Waals surface area contributed by atoms with Crippen molar-refractivity contribution in [1.29, 1.82) is 0 Å². The van der Waals surface area contributed by atoms with Gasteiger partial charge in [0.1, 0.15) is 52.4 Å². The zero-order chi connectivity index (χ0) is 88.8. The van der Waals surface area contributed by atoms with Gasteiger partial charge in [0.15, 0.2) is 0 Å². The fourth-order valence-electron chi connectivity index (χ4n) is 19.3. The highest BCUT2D eigenvalue weighted by Crippen LogP contribution is 2.44. The summed E-state index contributed by atoms with van der Waals surface area (Å²) in [5, 5.41) is 3.79. The maximum Gasteiger partial charge on any atom is 0.138 e. The van der Waals surface area contributed by atoms with Crippen molar-refractivity contribution < 1.29 is 0 Å². The van der Waals surface area contributed by atoms with Crippen molar-refractivity contribution >= 4 is 128 Å². The van der Waals surface area contributed by atoms with Crippen LogP contribution < -0.4 is 5.32 Å². The van der Waals surface area contributed by atoms with Gasteiger partial charge < -0.3 is 50.2 Å². The van der Waals surface area contributed by atoms with E-state index in [2.05, 4.69) is 333 Å². The van der Waals surface area contributed by atoms with Gasteiger partial charge in [0, 0.05) is 57.5 Å². The molecule has 0 fully saturated rings. The molecule has 0 saturated carbocycles. The summed E-state index contributed by atoms with van der Waals surface area (Å²) < 4.78 is 0. The van der Waals surface area contributed by atoms with Gasteiger partial charge in [-0.05, 0) is 294 Å². The molecule has 1 unspecified atom stereocenters. The molecule has 12 heterocycles. The summed E-state index contributed by atoms with van der Waals surface area (Å²) in [7, 11) is 0. The first-order valence-corrected chi connectivity index (χ1v) is 45.7. The number of nitrogens with one attached hydrogen (secondary N) is 10. The Kier molecular flexibility index (Phi) is 18.6. The lowest BCUT2D eigenvalue weighted by molar-refractivity contribution is 0.809. The molecule has 0 amide bonds. The van der Waals surface area contributed by atoms with E-state index in [1.165, 1.54) is 72.3 Å². The highest BCUT2D eigenvalue weighted by molar-refractivity contribution is 6.10. The fraction of sp³-hybridized carbons (Fsp3) is 0.239. The Morgan fingerprint density at radius 1 is 0.238 bits per heavy atom. The van der Waals surface area contributed by atoms with Crippen LogP contribution in [0.5, 0.6) is 0 Å². The first-order chi connectivity index (χ1) is 62.7. The molecular formula is C109H101N21. The van der Waals surface area contributed by atoms with E-state index in [0.29, 0.717) is 35.5 Å². The summed E-state index contributed by atoms with van der Waals surface area (Å²) in [6.45, 7) is 35.1. The van der Waals surface area contributed by atoms with Crippen molar-refractivity contribution in [2.75, 3.05) is 5.32 Å². The monoisotopic (exact) mass is 1700 g/mol. The van der Waals surface area contributed by atoms with Crippen LogP contribution >= 0.6 is 0 Å². The zero-order valence-corrected chi connectivity index (χ0v) is 75.9. The number of rotatable bonds is 16. The lowest BCUT2D eigenvalue weighted by atomic mass is 9.93. The molecule has 21 heteroatoms. The van der Waals surface area contributed by atoms with Crippen LogP contribution in [0.4, 0.5) is 17.1 Å². The molecule has 1 atom stereocenters. The Hall–Kier alpha value is -15.0. The number of hydrogen-bond acceptors (Lipinski definition) is 12. The van der Waals surface area contributed by atoms with Crippen LogP contribution in [0.15, 0.2) is 192 Å². The molecule has 0 spiro atoms. The number of hydrogen-bond donors (Lipinski definition) is 10. The number of aromatic nitrogens is 18. The van der Waals surface area contributed by atoms with Crippen LogP contribution in [-0.2, 0) is 19.3 Å². The SMILES string of the molecule is Cc1cc(C2=Nc3cc4[nH]c(-c5cc(-c6nc7cc8[nH]c(-c9cc(C%10=Nc%11cc%12[nH]c(-c%13cc(C)cc(C(C)C)c%13)nc%12cc%11C%10)cc(C(C)C)c9)nc8cc7[nH]6)cc(C(C)C)c5)nc4cc3C2)cc(C(C)C)c1.Cc1nc2cc3c(cc2[nH]1)CC(c1cc(-c2nc4cc5nc(-c6cc(-c7nc8cc9nc(C)[nH]c9cc8[nH]7)cc(C(C)C)c6)[nH]c5cc4[nH]2)cc(C(C)C)c1)N3. The molecule has 21 nitrogen and oxygen atoms in total. The Labute approximate surface area is 751 Å². The Bertz CT molecular complexity index is 8150. The number of aliphatic imine (C=N–C) groups is 2. The number of imidazole rings is 9. The third-order valence-corrected chi connectivity index (χ3v) is 26.6. The van der Waals surface area contributed by atoms with Gasteiger partial charge in [0.25, 0.3) is 0 Å². The Morgan fingerprint density at radius 2 is 0.523 bits per heavy atom. The second kappa shape index (κ2) is 30.4. The van der Waals surface area contributed by atoms with Gasteiger partial charge in [-0.1, -0.05) is 118 Å². The maximum absolute atomic E-state index is 5.24. The van der Waals surface area contributed by atoms with Crippen LogP contribution in [0.2, 0.25) is 0 Å². The van der Waals surface area contributed by atoms with E-state index in [9.17, 15) is 0 Å². The van der Waals surface area contributed by atoms with Crippen molar-refractivity contribution in [3.05, 3.63) is 272 Å². The van der Waals surface area contributed by atoms with Crippen molar-refractivity contribution in [1.82, 2.24) is 89.7 Å². The van der Waals surface area contributed by atoms with Crippen LogP contribution in [0, 0.1) is 27.7 Å². The molecule has 12 aromatic carbocycles. The highest BCUT2D eigenvalue weighted by atomic mass is 15.0. The molecule has 3 aliphatic rings. The molecule has 0 bridgehead atoms. The van der Waals surface area contributed by atoms with E-state index in [0.717, 1.165) is 244 Å². The molecule has 10 N–H and O–H groups in total. The summed E-state index contributed by atoms with van der Waals surface area (Å²) in [5.74, 6) is 9.86. The summed E-state index contributed by atoms with van der Waals surface area (Å²) in [5.41, 5.74) is 47.0. The minimum atomic E-state index is 0.166. The first kappa shape index (κ1) is 79.6. The van der Waals surface area contributed by atoms with Gasteiger partial charge in [-0.3, -0.25) is 9.98 Å². The van der Waals surface area contributed by atoms with E-state index in [4.69, 9.17) is 44.9 Å². The largest absolute Gasteiger partial charge is 0.378 e. The topological polar surface area (TPSA) is 295 Å². The number of aryl methyl sites for hydroxylation is 4. The zero-order valence-electron chi connectivity index (χ0n) is 75.9. The summed E-state index contributed by atoms with van der Waals surface area (Å²) in [6, 6.07) is 66.4. The third kappa shape index (κ3) is 14.5. The molecule has 0 aliphatic carbocycles. The summed E-state index contributed by atoms with van der Waals surface area (Å²) >= 11 is 0. The van der Waals surface area contributed by atoms with Gasteiger partial charge >= 0.3 is 0 Å². The number of aromatic amines is 9. The van der Waals surface area contributed by atoms with Crippen LogP contribution in [0.1, 0.15) is 214 Å². The van der Waals surface area contributed by atoms with Gasteiger partial charge in [-0.25, -0.2) is 44.9 Å². The van der Waals surface area contributed by atoms with Gasteiger partial charge in [0.05, 0.1) is 128 Å². The first-order valence-electron chi connectivity index (χ1n) is 45.7. The average molecular weight is 1710 g/mol. The maximum atomic E-state index is 5.24. The molecule has 0 radical (unpaired) electrons. The molecule has 130 heavy (non-hydrogen) atoms. The van der Waals surface area contributed by atoms with Gasteiger partial charge in [-0.2, -0.15) is 0 Å². The Balaban J connectivity index is 0.000000154. The summed E-state index contributed by atoms with van der Waals surface area (Å²) in [6.07, 6.45) is 2.45. The predicted molar refractivity (Wildman–Crippen MR) is 530 cm³/mol. The normalized spacial score (nSPS) is 13.9. The minimum Gasteiger partial charge on any atom is -0.378 e. The lowest BCUT2D eigenvalue weighted by Crippen LogP contribution is -2.07. The summed E-state index contributed by atoms with van der Waals surface area (Å²) in [4.78, 5) is 87.6.